The summed E-state index contributed by atoms with van der Waals surface area (Å²) in [5, 5.41) is 9.60. The molecule has 0 aromatic heterocycles. The number of hydrogen-bond acceptors (Lipinski definition) is 4. The second kappa shape index (κ2) is 12.9. The Bertz CT molecular complexity index is 896. The molecule has 0 aliphatic carbocycles. The number of nitrogens with one attached hydrogen (secondary N) is 2. The van der Waals surface area contributed by atoms with E-state index in [0.717, 1.165) is 22.6 Å². The Labute approximate surface area is 192 Å². The van der Waals surface area contributed by atoms with Crippen molar-refractivity contribution in [3.63, 3.8) is 0 Å². The van der Waals surface area contributed by atoms with Crippen LogP contribution in [0.15, 0.2) is 58.7 Å². The minimum Gasteiger partial charge on any atom is -0.273 e. The third-order valence-corrected chi connectivity index (χ3v) is 4.89. The van der Waals surface area contributed by atoms with Crippen LogP contribution in [0.25, 0.3) is 0 Å². The van der Waals surface area contributed by atoms with Crippen LogP contribution in [0.1, 0.15) is 57.1 Å². The van der Waals surface area contributed by atoms with Crippen LogP contribution in [-0.4, -0.2) is 23.2 Å². The van der Waals surface area contributed by atoms with E-state index in [1.807, 2.05) is 38.1 Å². The zero-order chi connectivity index (χ0) is 22.6. The van der Waals surface area contributed by atoms with Gasteiger partial charge in [-0.3, -0.25) is 9.59 Å². The summed E-state index contributed by atoms with van der Waals surface area (Å²) in [6.45, 7) is 3.90. The summed E-state index contributed by atoms with van der Waals surface area (Å²) in [6, 6.07) is 14.6. The molecule has 6 nitrogen and oxygen atoms in total. The Kier molecular flexibility index (Phi) is 10.2. The molecule has 8 heteroatoms. The molecule has 0 atom stereocenters. The van der Waals surface area contributed by atoms with Crippen LogP contribution in [0.5, 0.6) is 0 Å². The molecule has 2 N–H and O–H groups in total. The fourth-order valence-electron chi connectivity index (χ4n) is 2.81. The van der Waals surface area contributed by atoms with Crippen molar-refractivity contribution in [3.8, 4) is 0 Å². The summed E-state index contributed by atoms with van der Waals surface area (Å²) in [5.41, 5.74) is 8.28. The van der Waals surface area contributed by atoms with E-state index >= 15 is 0 Å². The second-order valence-corrected chi connectivity index (χ2v) is 7.64. The minimum absolute atomic E-state index is 0.183. The summed E-state index contributed by atoms with van der Waals surface area (Å²) in [6.07, 6.45) is 2.05. The number of benzene rings is 2. The molecule has 164 valence electrons. The first-order valence-corrected chi connectivity index (χ1v) is 10.9. The third-order valence-electron chi connectivity index (χ3n) is 4.42. The van der Waals surface area contributed by atoms with Gasteiger partial charge in [-0.15, -0.1) is 0 Å². The van der Waals surface area contributed by atoms with Crippen LogP contribution in [0.4, 0.5) is 0 Å². The van der Waals surface area contributed by atoms with Crippen LogP contribution < -0.4 is 10.9 Å². The molecule has 0 fully saturated rings. The van der Waals surface area contributed by atoms with Gasteiger partial charge in [0.15, 0.2) is 0 Å². The van der Waals surface area contributed by atoms with Crippen molar-refractivity contribution in [2.75, 3.05) is 0 Å². The van der Waals surface area contributed by atoms with Crippen molar-refractivity contribution >= 4 is 46.4 Å². The van der Waals surface area contributed by atoms with Gasteiger partial charge in [-0.25, -0.2) is 10.9 Å². The van der Waals surface area contributed by atoms with Gasteiger partial charge in [0.1, 0.15) is 0 Å². The van der Waals surface area contributed by atoms with Crippen molar-refractivity contribution in [3.05, 3.63) is 69.7 Å². The maximum absolute atomic E-state index is 12.1. The zero-order valence-electron chi connectivity index (χ0n) is 17.6. The Balaban J connectivity index is 1.80. The van der Waals surface area contributed by atoms with Crippen molar-refractivity contribution in [1.29, 1.82) is 0 Å². The number of hydrogen-bond donors (Lipinski definition) is 2. The molecule has 0 bridgehead atoms. The highest BCUT2D eigenvalue weighted by atomic mass is 35.5. The number of rotatable bonds is 10. The molecule has 0 saturated heterocycles. The van der Waals surface area contributed by atoms with Crippen LogP contribution in [-0.2, 0) is 9.59 Å². The van der Waals surface area contributed by atoms with Crippen LogP contribution in [0.3, 0.4) is 0 Å². The van der Waals surface area contributed by atoms with Crippen molar-refractivity contribution in [2.45, 2.75) is 46.0 Å². The molecular weight excluding hydrogens is 435 g/mol. The summed E-state index contributed by atoms with van der Waals surface area (Å²) in [5.74, 6) is -0.505. The third kappa shape index (κ3) is 8.52. The predicted molar refractivity (Wildman–Crippen MR) is 127 cm³/mol. The zero-order valence-corrected chi connectivity index (χ0v) is 19.1. The van der Waals surface area contributed by atoms with Gasteiger partial charge in [-0.1, -0.05) is 61.3 Å². The first-order valence-electron chi connectivity index (χ1n) is 10.2. The average molecular weight is 461 g/mol. The lowest BCUT2D eigenvalue weighted by atomic mass is 10.1. The highest BCUT2D eigenvalue weighted by molar-refractivity contribution is 6.31. The lowest BCUT2D eigenvalue weighted by Gasteiger charge is -2.07. The molecule has 0 radical (unpaired) electrons. The Hall–Kier alpha value is -2.70. The fourth-order valence-corrected chi connectivity index (χ4v) is 3.19. The van der Waals surface area contributed by atoms with Crippen molar-refractivity contribution in [2.24, 2.45) is 10.2 Å². The van der Waals surface area contributed by atoms with E-state index in [-0.39, 0.29) is 24.7 Å². The van der Waals surface area contributed by atoms with Gasteiger partial charge < -0.3 is 0 Å². The van der Waals surface area contributed by atoms with E-state index in [9.17, 15) is 9.59 Å². The SMILES string of the molecule is CC/C(=N\NC(=O)CCCC(=O)N/N=C(\CC)c1cccc(Cl)c1)c1cccc(Cl)c1. The van der Waals surface area contributed by atoms with Gasteiger partial charge in [-0.2, -0.15) is 10.2 Å². The predicted octanol–water partition coefficient (Wildman–Crippen LogP) is 5.32. The van der Waals surface area contributed by atoms with E-state index in [0.29, 0.717) is 29.3 Å². The van der Waals surface area contributed by atoms with Crippen LogP contribution in [0.2, 0.25) is 10.0 Å². The van der Waals surface area contributed by atoms with Crippen LogP contribution >= 0.6 is 23.2 Å². The number of carbonyl (C=O) groups is 2. The number of hydrazone groups is 2. The largest absolute Gasteiger partial charge is 0.273 e. The standard InChI is InChI=1S/C23H26Cl2N4O2/c1-3-20(16-8-5-10-18(24)14-16)26-28-22(30)12-7-13-23(31)29-27-21(4-2)17-9-6-11-19(25)15-17/h5-6,8-11,14-15H,3-4,7,12-13H2,1-2H3,(H,28,30)(H,29,31)/b26-20+,27-21+. The average Bonchev–Trinajstić information content (AvgIpc) is 2.75. The molecular formula is C23H26Cl2N4O2. The van der Waals surface area contributed by atoms with Crippen molar-refractivity contribution in [1.82, 2.24) is 10.9 Å². The topological polar surface area (TPSA) is 82.9 Å². The molecule has 2 aromatic rings. The minimum atomic E-state index is -0.252. The van der Waals surface area contributed by atoms with Crippen molar-refractivity contribution < 1.29 is 9.59 Å². The highest BCUT2D eigenvalue weighted by Gasteiger charge is 2.08. The van der Waals surface area contributed by atoms with Gasteiger partial charge in [0.25, 0.3) is 0 Å². The quantitative estimate of drug-likeness (QED) is 0.371. The summed E-state index contributed by atoms with van der Waals surface area (Å²) < 4.78 is 0. The first-order chi connectivity index (χ1) is 14.9. The molecule has 0 heterocycles. The number of carbonyl (C=O) groups excluding carboxylic acids is 2. The number of halogens is 2. The smallest absolute Gasteiger partial charge is 0.240 e. The number of nitrogens with zero attached hydrogens (tertiary/aromatic N) is 2. The Morgan fingerprint density at radius 3 is 1.55 bits per heavy atom. The van der Waals surface area contributed by atoms with E-state index in [2.05, 4.69) is 21.1 Å². The van der Waals surface area contributed by atoms with Gasteiger partial charge in [0.2, 0.25) is 11.8 Å². The Morgan fingerprint density at radius 1 is 0.774 bits per heavy atom. The molecule has 31 heavy (non-hydrogen) atoms. The monoisotopic (exact) mass is 460 g/mol. The fraction of sp³-hybridized carbons (Fsp3) is 0.304. The van der Waals surface area contributed by atoms with Gasteiger partial charge in [0.05, 0.1) is 11.4 Å². The maximum Gasteiger partial charge on any atom is 0.240 e. The first kappa shape index (κ1) is 24.6. The molecule has 0 saturated carbocycles. The van der Waals surface area contributed by atoms with Gasteiger partial charge in [-0.05, 0) is 54.7 Å². The molecule has 0 spiro atoms. The van der Waals surface area contributed by atoms with E-state index in [1.165, 1.54) is 0 Å². The molecule has 0 aliphatic heterocycles. The second-order valence-electron chi connectivity index (χ2n) is 6.77. The summed E-state index contributed by atoms with van der Waals surface area (Å²) in [4.78, 5) is 24.1. The molecule has 0 aliphatic rings. The van der Waals surface area contributed by atoms with Gasteiger partial charge >= 0.3 is 0 Å². The highest BCUT2D eigenvalue weighted by Crippen LogP contribution is 2.14. The van der Waals surface area contributed by atoms with Gasteiger partial charge in [0, 0.05) is 22.9 Å². The summed E-state index contributed by atoms with van der Waals surface area (Å²) in [7, 11) is 0. The molecule has 2 amide bonds. The van der Waals surface area contributed by atoms with E-state index in [4.69, 9.17) is 23.2 Å². The van der Waals surface area contributed by atoms with Crippen LogP contribution in [0, 0.1) is 0 Å². The number of amides is 2. The molecule has 2 aromatic carbocycles. The molecule has 2 rings (SSSR count). The lowest BCUT2D eigenvalue weighted by molar-refractivity contribution is -0.122. The normalized spacial score (nSPS) is 11.9. The molecule has 0 unspecified atom stereocenters. The maximum atomic E-state index is 12.1. The van der Waals surface area contributed by atoms with E-state index in [1.54, 1.807) is 24.3 Å². The van der Waals surface area contributed by atoms with E-state index < -0.39 is 0 Å². The summed E-state index contributed by atoms with van der Waals surface area (Å²) >= 11 is 12.0. The lowest BCUT2D eigenvalue weighted by Crippen LogP contribution is -2.22. The Morgan fingerprint density at radius 2 is 1.19 bits per heavy atom.